The Bertz CT molecular complexity index is 369. The molecule has 0 N–H and O–H groups in total. The highest BCUT2D eigenvalue weighted by Crippen LogP contribution is 2.22. The van der Waals surface area contributed by atoms with Crippen molar-refractivity contribution in [2.24, 2.45) is 0 Å². The summed E-state index contributed by atoms with van der Waals surface area (Å²) in [5.41, 5.74) is 2.66. The Balaban J connectivity index is 2.00. The molecule has 0 spiro atoms. The van der Waals surface area contributed by atoms with E-state index >= 15 is 0 Å². The minimum Gasteiger partial charge on any atom is -0.357 e. The van der Waals surface area contributed by atoms with Gasteiger partial charge in [0.15, 0.2) is 0 Å². The Morgan fingerprint density at radius 2 is 2.06 bits per heavy atom. The second-order valence-electron chi connectivity index (χ2n) is 4.94. The Labute approximate surface area is 105 Å². The van der Waals surface area contributed by atoms with Gasteiger partial charge in [0.05, 0.1) is 6.67 Å². The average molecular weight is 230 g/mol. The van der Waals surface area contributed by atoms with Gasteiger partial charge in [0.25, 0.3) is 0 Å². The van der Waals surface area contributed by atoms with Gasteiger partial charge in [-0.3, -0.25) is 4.90 Å². The summed E-state index contributed by atoms with van der Waals surface area (Å²) < 4.78 is 0. The molecule has 1 aliphatic rings. The van der Waals surface area contributed by atoms with Crippen LogP contribution in [0.15, 0.2) is 36.9 Å². The predicted molar refractivity (Wildman–Crippen MR) is 74.4 cm³/mol. The molecule has 0 radical (unpaired) electrons. The molecular formula is C15H22N2. The Hall–Kier alpha value is -1.28. The van der Waals surface area contributed by atoms with Gasteiger partial charge in [0.1, 0.15) is 0 Å². The molecule has 1 atom stereocenters. The molecule has 1 fully saturated rings. The number of anilines is 1. The van der Waals surface area contributed by atoms with Crippen molar-refractivity contribution in [3.63, 3.8) is 0 Å². The summed E-state index contributed by atoms with van der Waals surface area (Å²) >= 11 is 0. The van der Waals surface area contributed by atoms with Crippen LogP contribution in [-0.4, -0.2) is 30.7 Å². The van der Waals surface area contributed by atoms with Gasteiger partial charge >= 0.3 is 0 Å². The molecule has 0 saturated carbocycles. The zero-order valence-electron chi connectivity index (χ0n) is 10.9. The van der Waals surface area contributed by atoms with E-state index in [-0.39, 0.29) is 0 Å². The van der Waals surface area contributed by atoms with E-state index in [1.165, 1.54) is 11.3 Å². The van der Waals surface area contributed by atoms with Gasteiger partial charge < -0.3 is 4.90 Å². The van der Waals surface area contributed by atoms with Crippen LogP contribution in [0, 0.1) is 6.92 Å². The van der Waals surface area contributed by atoms with Crippen LogP contribution in [-0.2, 0) is 0 Å². The maximum absolute atomic E-state index is 3.79. The molecule has 0 unspecified atom stereocenters. The highest BCUT2D eigenvalue weighted by molar-refractivity contribution is 5.48. The van der Waals surface area contributed by atoms with Crippen molar-refractivity contribution in [1.82, 2.24) is 4.90 Å². The standard InChI is InChI=1S/C15H22N2/c1-4-5-10-16-12-17(11-14(16)3)15-8-6-13(2)7-9-15/h4,6-9,14H,1,5,10-12H2,2-3H3/t14-/m0/s1. The lowest BCUT2D eigenvalue weighted by Crippen LogP contribution is -2.29. The van der Waals surface area contributed by atoms with Gasteiger partial charge in [-0.25, -0.2) is 0 Å². The van der Waals surface area contributed by atoms with Gasteiger partial charge in [-0.2, -0.15) is 0 Å². The summed E-state index contributed by atoms with van der Waals surface area (Å²) in [6, 6.07) is 9.45. The zero-order valence-corrected chi connectivity index (χ0v) is 10.9. The molecule has 1 saturated heterocycles. The van der Waals surface area contributed by atoms with Gasteiger partial charge in [0.2, 0.25) is 0 Å². The van der Waals surface area contributed by atoms with Gasteiger partial charge in [-0.15, -0.1) is 6.58 Å². The molecule has 1 heterocycles. The summed E-state index contributed by atoms with van der Waals surface area (Å²) in [4.78, 5) is 4.97. The number of rotatable bonds is 4. The number of hydrogen-bond donors (Lipinski definition) is 0. The van der Waals surface area contributed by atoms with E-state index in [2.05, 4.69) is 54.5 Å². The second-order valence-corrected chi connectivity index (χ2v) is 4.94. The number of nitrogens with zero attached hydrogens (tertiary/aromatic N) is 2. The SMILES string of the molecule is C=CCCN1CN(c2ccc(C)cc2)C[C@@H]1C. The minimum atomic E-state index is 0.635. The van der Waals surface area contributed by atoms with Crippen molar-refractivity contribution in [1.29, 1.82) is 0 Å². The van der Waals surface area contributed by atoms with Gasteiger partial charge in [-0.05, 0) is 32.4 Å². The number of aryl methyl sites for hydroxylation is 1. The van der Waals surface area contributed by atoms with E-state index in [4.69, 9.17) is 0 Å². The van der Waals surface area contributed by atoms with Crippen molar-refractivity contribution >= 4 is 5.69 Å². The van der Waals surface area contributed by atoms with E-state index in [9.17, 15) is 0 Å². The summed E-state index contributed by atoms with van der Waals surface area (Å²) in [5, 5.41) is 0. The van der Waals surface area contributed by atoms with Crippen LogP contribution >= 0.6 is 0 Å². The first-order valence-electron chi connectivity index (χ1n) is 6.37. The van der Waals surface area contributed by atoms with Crippen LogP contribution in [0.25, 0.3) is 0 Å². The first kappa shape index (κ1) is 12.2. The summed E-state index contributed by atoms with van der Waals surface area (Å²) in [7, 11) is 0. The van der Waals surface area contributed by atoms with E-state index in [1.807, 2.05) is 6.08 Å². The highest BCUT2D eigenvalue weighted by Gasteiger charge is 2.26. The first-order chi connectivity index (χ1) is 8.20. The minimum absolute atomic E-state index is 0.635. The molecule has 92 valence electrons. The highest BCUT2D eigenvalue weighted by atomic mass is 15.4. The summed E-state index contributed by atoms with van der Waals surface area (Å²) in [6.07, 6.45) is 3.08. The zero-order chi connectivity index (χ0) is 12.3. The van der Waals surface area contributed by atoms with Crippen LogP contribution in [0.2, 0.25) is 0 Å². The van der Waals surface area contributed by atoms with Gasteiger partial charge in [0, 0.05) is 24.8 Å². The smallest absolute Gasteiger partial charge is 0.0710 e. The predicted octanol–water partition coefficient (Wildman–Crippen LogP) is 3.04. The van der Waals surface area contributed by atoms with Crippen LogP contribution in [0.4, 0.5) is 5.69 Å². The van der Waals surface area contributed by atoms with Crippen LogP contribution < -0.4 is 4.90 Å². The molecule has 0 aliphatic carbocycles. The second kappa shape index (κ2) is 5.37. The third-order valence-corrected chi connectivity index (χ3v) is 3.48. The molecule has 0 bridgehead atoms. The van der Waals surface area contributed by atoms with Crippen LogP contribution in [0.1, 0.15) is 18.9 Å². The van der Waals surface area contributed by atoms with Crippen molar-refractivity contribution in [3.8, 4) is 0 Å². The number of benzene rings is 1. The molecule has 1 aliphatic heterocycles. The molecule has 2 rings (SSSR count). The lowest BCUT2D eigenvalue weighted by Gasteiger charge is -2.20. The van der Waals surface area contributed by atoms with Crippen LogP contribution in [0.5, 0.6) is 0 Å². The molecule has 1 aromatic rings. The largest absolute Gasteiger partial charge is 0.357 e. The maximum atomic E-state index is 3.79. The van der Waals surface area contributed by atoms with Gasteiger partial charge in [-0.1, -0.05) is 23.8 Å². The third-order valence-electron chi connectivity index (χ3n) is 3.48. The summed E-state index contributed by atoms with van der Waals surface area (Å²) in [5.74, 6) is 0. The number of hydrogen-bond acceptors (Lipinski definition) is 2. The average Bonchev–Trinajstić information content (AvgIpc) is 2.69. The summed E-state index contributed by atoms with van der Waals surface area (Å²) in [6.45, 7) is 11.5. The first-order valence-corrected chi connectivity index (χ1v) is 6.37. The van der Waals surface area contributed by atoms with Crippen molar-refractivity contribution < 1.29 is 0 Å². The molecule has 17 heavy (non-hydrogen) atoms. The fourth-order valence-corrected chi connectivity index (χ4v) is 2.34. The molecule has 2 heteroatoms. The van der Waals surface area contributed by atoms with Crippen molar-refractivity contribution in [2.45, 2.75) is 26.3 Å². The Kier molecular flexibility index (Phi) is 3.85. The molecule has 0 aromatic heterocycles. The maximum Gasteiger partial charge on any atom is 0.0710 e. The normalized spacial score (nSPS) is 20.8. The quantitative estimate of drug-likeness (QED) is 0.734. The van der Waals surface area contributed by atoms with E-state index in [0.717, 1.165) is 26.2 Å². The fourth-order valence-electron chi connectivity index (χ4n) is 2.34. The lowest BCUT2D eigenvalue weighted by molar-refractivity contribution is 0.280. The van der Waals surface area contributed by atoms with Crippen LogP contribution in [0.3, 0.4) is 0 Å². The Morgan fingerprint density at radius 1 is 1.35 bits per heavy atom. The van der Waals surface area contributed by atoms with E-state index in [0.29, 0.717) is 6.04 Å². The molecule has 2 nitrogen and oxygen atoms in total. The fraction of sp³-hybridized carbons (Fsp3) is 0.467. The van der Waals surface area contributed by atoms with Crippen molar-refractivity contribution in [3.05, 3.63) is 42.5 Å². The molecular weight excluding hydrogens is 208 g/mol. The third kappa shape index (κ3) is 2.89. The molecule has 0 amide bonds. The monoisotopic (exact) mass is 230 g/mol. The Morgan fingerprint density at radius 3 is 2.71 bits per heavy atom. The van der Waals surface area contributed by atoms with E-state index in [1.54, 1.807) is 0 Å². The van der Waals surface area contributed by atoms with Crippen molar-refractivity contribution in [2.75, 3.05) is 24.7 Å². The molecule has 1 aromatic carbocycles. The lowest BCUT2D eigenvalue weighted by atomic mass is 10.2. The van der Waals surface area contributed by atoms with E-state index < -0.39 is 0 Å². The topological polar surface area (TPSA) is 6.48 Å².